The Balaban J connectivity index is 2.82. The molecule has 0 amide bonds. The lowest BCUT2D eigenvalue weighted by Crippen LogP contribution is -2.36. The fourth-order valence-corrected chi connectivity index (χ4v) is 1.44. The van der Waals surface area contributed by atoms with Crippen molar-refractivity contribution in [2.45, 2.75) is 25.8 Å². The molecule has 1 rings (SSSR count). The fraction of sp³-hybridized carbons (Fsp3) is 0.556. The number of rotatable bonds is 1. The van der Waals surface area contributed by atoms with Gasteiger partial charge in [0.15, 0.2) is 0 Å². The van der Waals surface area contributed by atoms with Gasteiger partial charge in [-0.1, -0.05) is 6.08 Å². The number of allylic oxidation sites excluding steroid dienone is 1. The second-order valence-electron chi connectivity index (χ2n) is 3.46. The molecule has 0 aromatic carbocycles. The van der Waals surface area contributed by atoms with Gasteiger partial charge in [0.1, 0.15) is 0 Å². The van der Waals surface area contributed by atoms with Gasteiger partial charge in [0, 0.05) is 18.3 Å². The Morgan fingerprint density at radius 1 is 1.64 bits per heavy atom. The molecular weight excluding hydrogens is 136 g/mol. The average molecular weight is 152 g/mol. The molecule has 1 unspecified atom stereocenters. The van der Waals surface area contributed by atoms with Crippen LogP contribution in [-0.4, -0.2) is 12.6 Å². The van der Waals surface area contributed by atoms with Gasteiger partial charge >= 0.3 is 0 Å². The summed E-state index contributed by atoms with van der Waals surface area (Å²) in [6, 6.07) is 0. The van der Waals surface area contributed by atoms with Gasteiger partial charge in [0.25, 0.3) is 0 Å². The van der Waals surface area contributed by atoms with E-state index in [-0.39, 0.29) is 5.54 Å². The summed E-state index contributed by atoms with van der Waals surface area (Å²) in [5.41, 5.74) is 8.32. The molecule has 3 N–H and O–H groups in total. The topological polar surface area (TPSA) is 38.0 Å². The standard InChI is InChI=1S/C9H16N2/c1-7-6-9(2,10)5-4-8(7)11-3/h4-5,11H,6,10H2,1-3H3. The second-order valence-corrected chi connectivity index (χ2v) is 3.46. The minimum atomic E-state index is -0.148. The molecule has 0 saturated heterocycles. The third kappa shape index (κ3) is 1.84. The summed E-state index contributed by atoms with van der Waals surface area (Å²) >= 11 is 0. The SMILES string of the molecule is CNC1=C(C)CC(C)(N)C=C1. The van der Waals surface area contributed by atoms with Crippen LogP contribution in [0.2, 0.25) is 0 Å². The highest BCUT2D eigenvalue weighted by Gasteiger charge is 2.19. The molecule has 0 radical (unpaired) electrons. The highest BCUT2D eigenvalue weighted by Crippen LogP contribution is 2.22. The number of hydrogen-bond acceptors (Lipinski definition) is 2. The normalized spacial score (nSPS) is 30.9. The Labute approximate surface area is 68.2 Å². The highest BCUT2D eigenvalue weighted by molar-refractivity contribution is 5.32. The maximum atomic E-state index is 5.94. The van der Waals surface area contributed by atoms with Gasteiger partial charge in [0.2, 0.25) is 0 Å². The molecule has 0 heterocycles. The summed E-state index contributed by atoms with van der Waals surface area (Å²) in [6.07, 6.45) is 5.05. The Hall–Kier alpha value is -0.760. The summed E-state index contributed by atoms with van der Waals surface area (Å²) in [6.45, 7) is 4.15. The van der Waals surface area contributed by atoms with Crippen LogP contribution in [0, 0.1) is 0 Å². The number of nitrogens with two attached hydrogens (primary N) is 1. The molecule has 1 aliphatic carbocycles. The maximum Gasteiger partial charge on any atom is 0.0352 e. The zero-order valence-corrected chi connectivity index (χ0v) is 7.44. The smallest absolute Gasteiger partial charge is 0.0352 e. The lowest BCUT2D eigenvalue weighted by molar-refractivity contribution is 0.564. The molecule has 0 bridgehead atoms. The molecule has 0 spiro atoms. The Morgan fingerprint density at radius 2 is 2.27 bits per heavy atom. The molecule has 2 heteroatoms. The molecule has 0 fully saturated rings. The van der Waals surface area contributed by atoms with Crippen LogP contribution in [0.1, 0.15) is 20.3 Å². The van der Waals surface area contributed by atoms with Crippen LogP contribution < -0.4 is 11.1 Å². The van der Waals surface area contributed by atoms with E-state index >= 15 is 0 Å². The molecule has 0 aromatic heterocycles. The van der Waals surface area contributed by atoms with Crippen molar-refractivity contribution in [2.75, 3.05) is 7.05 Å². The molecule has 0 aromatic rings. The van der Waals surface area contributed by atoms with Crippen molar-refractivity contribution < 1.29 is 0 Å². The van der Waals surface area contributed by atoms with E-state index in [9.17, 15) is 0 Å². The van der Waals surface area contributed by atoms with Crippen LogP contribution in [0.3, 0.4) is 0 Å². The van der Waals surface area contributed by atoms with E-state index < -0.39 is 0 Å². The van der Waals surface area contributed by atoms with Gasteiger partial charge in [-0.25, -0.2) is 0 Å². The predicted molar refractivity (Wildman–Crippen MR) is 48.1 cm³/mol. The lowest BCUT2D eigenvalue weighted by atomic mass is 9.89. The zero-order valence-electron chi connectivity index (χ0n) is 7.44. The van der Waals surface area contributed by atoms with E-state index in [0.717, 1.165) is 6.42 Å². The summed E-state index contributed by atoms with van der Waals surface area (Å²) in [5.74, 6) is 0. The summed E-state index contributed by atoms with van der Waals surface area (Å²) in [4.78, 5) is 0. The summed E-state index contributed by atoms with van der Waals surface area (Å²) in [5, 5.41) is 3.13. The van der Waals surface area contributed by atoms with E-state index in [1.807, 2.05) is 20.0 Å². The largest absolute Gasteiger partial charge is 0.388 e. The van der Waals surface area contributed by atoms with Crippen molar-refractivity contribution in [3.8, 4) is 0 Å². The highest BCUT2D eigenvalue weighted by atomic mass is 14.8. The minimum Gasteiger partial charge on any atom is -0.388 e. The van der Waals surface area contributed by atoms with Gasteiger partial charge in [-0.2, -0.15) is 0 Å². The van der Waals surface area contributed by atoms with E-state index in [4.69, 9.17) is 5.73 Å². The van der Waals surface area contributed by atoms with E-state index in [1.165, 1.54) is 11.3 Å². The minimum absolute atomic E-state index is 0.148. The zero-order chi connectivity index (χ0) is 8.48. The Morgan fingerprint density at radius 3 is 2.73 bits per heavy atom. The van der Waals surface area contributed by atoms with E-state index in [2.05, 4.69) is 18.3 Å². The van der Waals surface area contributed by atoms with Crippen LogP contribution in [0.4, 0.5) is 0 Å². The molecular formula is C9H16N2. The summed E-state index contributed by atoms with van der Waals surface area (Å²) < 4.78 is 0. The molecule has 0 saturated carbocycles. The van der Waals surface area contributed by atoms with Crippen molar-refractivity contribution in [3.05, 3.63) is 23.4 Å². The van der Waals surface area contributed by atoms with E-state index in [1.54, 1.807) is 0 Å². The van der Waals surface area contributed by atoms with Gasteiger partial charge in [-0.15, -0.1) is 0 Å². The lowest BCUT2D eigenvalue weighted by Gasteiger charge is -2.26. The van der Waals surface area contributed by atoms with Crippen molar-refractivity contribution in [1.82, 2.24) is 5.32 Å². The third-order valence-electron chi connectivity index (χ3n) is 2.01. The van der Waals surface area contributed by atoms with Crippen molar-refractivity contribution in [3.63, 3.8) is 0 Å². The first-order valence-electron chi connectivity index (χ1n) is 3.91. The predicted octanol–water partition coefficient (Wildman–Crippen LogP) is 1.16. The van der Waals surface area contributed by atoms with Crippen molar-refractivity contribution >= 4 is 0 Å². The molecule has 1 atom stereocenters. The average Bonchev–Trinajstić information content (AvgIpc) is 1.86. The molecule has 2 nitrogen and oxygen atoms in total. The Kier molecular flexibility index (Phi) is 2.05. The molecule has 62 valence electrons. The monoisotopic (exact) mass is 152 g/mol. The van der Waals surface area contributed by atoms with Crippen LogP contribution in [0.5, 0.6) is 0 Å². The quantitative estimate of drug-likeness (QED) is 0.591. The van der Waals surface area contributed by atoms with Gasteiger partial charge in [-0.3, -0.25) is 0 Å². The van der Waals surface area contributed by atoms with Crippen LogP contribution in [0.15, 0.2) is 23.4 Å². The first-order chi connectivity index (χ1) is 5.05. The van der Waals surface area contributed by atoms with Crippen LogP contribution in [-0.2, 0) is 0 Å². The van der Waals surface area contributed by atoms with Crippen molar-refractivity contribution in [1.29, 1.82) is 0 Å². The molecule has 11 heavy (non-hydrogen) atoms. The maximum absolute atomic E-state index is 5.94. The molecule has 1 aliphatic rings. The third-order valence-corrected chi connectivity index (χ3v) is 2.01. The number of nitrogens with one attached hydrogen (secondary N) is 1. The first-order valence-corrected chi connectivity index (χ1v) is 3.91. The summed E-state index contributed by atoms with van der Waals surface area (Å²) in [7, 11) is 1.93. The Bertz CT molecular complexity index is 212. The van der Waals surface area contributed by atoms with Gasteiger partial charge in [-0.05, 0) is 31.9 Å². The van der Waals surface area contributed by atoms with Gasteiger partial charge in [0.05, 0.1) is 0 Å². The van der Waals surface area contributed by atoms with E-state index in [0.29, 0.717) is 0 Å². The van der Waals surface area contributed by atoms with Crippen LogP contribution in [0.25, 0.3) is 0 Å². The first kappa shape index (κ1) is 8.34. The van der Waals surface area contributed by atoms with Gasteiger partial charge < -0.3 is 11.1 Å². The fourth-order valence-electron chi connectivity index (χ4n) is 1.44. The van der Waals surface area contributed by atoms with Crippen LogP contribution >= 0.6 is 0 Å². The molecule has 0 aliphatic heterocycles. The number of likely N-dealkylation sites (N-methyl/N-ethyl adjacent to an activating group) is 1. The van der Waals surface area contributed by atoms with Crippen molar-refractivity contribution in [2.24, 2.45) is 5.73 Å². The number of hydrogen-bond donors (Lipinski definition) is 2. The second kappa shape index (κ2) is 2.70.